The van der Waals surface area contributed by atoms with Crippen LogP contribution in [0.3, 0.4) is 0 Å². The summed E-state index contributed by atoms with van der Waals surface area (Å²) in [5, 5.41) is 12.6. The van der Waals surface area contributed by atoms with Crippen molar-refractivity contribution >= 4 is 5.84 Å². The number of aliphatic imine (C=N–C) groups is 1. The Balaban J connectivity index is 2.70. The molecule has 0 aliphatic carbocycles. The van der Waals surface area contributed by atoms with E-state index >= 15 is 0 Å². The number of rotatable bonds is 7. The minimum absolute atomic E-state index is 0.0702. The Labute approximate surface area is 95.0 Å². The summed E-state index contributed by atoms with van der Waals surface area (Å²) in [6.45, 7) is 0.870. The molecule has 16 heavy (non-hydrogen) atoms. The van der Waals surface area contributed by atoms with Crippen molar-refractivity contribution in [3.8, 4) is 0 Å². The monoisotopic (exact) mass is 234 g/mol. The van der Waals surface area contributed by atoms with Gasteiger partial charge < -0.3 is 10.4 Å². The van der Waals surface area contributed by atoms with Gasteiger partial charge in [-0.2, -0.15) is 0 Å². The van der Waals surface area contributed by atoms with E-state index in [1.54, 1.807) is 0 Å². The molecule has 1 atom stereocenters. The number of hydrogen-bond acceptors (Lipinski definition) is 3. The molecule has 1 rings (SSSR count). The van der Waals surface area contributed by atoms with Crippen molar-refractivity contribution in [2.24, 2.45) is 4.99 Å². The Morgan fingerprint density at radius 1 is 1.38 bits per heavy atom. The van der Waals surface area contributed by atoms with Crippen molar-refractivity contribution in [2.75, 3.05) is 13.3 Å². The third-order valence-electron chi connectivity index (χ3n) is 2.99. The standard InChI is InChI=1S/C11H20F2N2O/c1-2-3-4-9-14-10(16)11(15-9,5-7-12)6-8-13/h10,16H,2-8H2,1H3,(H,14,15). The molecule has 1 unspecified atom stereocenters. The molecule has 5 heteroatoms. The lowest BCUT2D eigenvalue weighted by Gasteiger charge is -2.27. The summed E-state index contributed by atoms with van der Waals surface area (Å²) in [5.74, 6) is 0.677. The van der Waals surface area contributed by atoms with E-state index in [-0.39, 0.29) is 12.8 Å². The van der Waals surface area contributed by atoms with Gasteiger partial charge in [0, 0.05) is 19.3 Å². The third kappa shape index (κ3) is 2.90. The third-order valence-corrected chi connectivity index (χ3v) is 2.99. The first kappa shape index (κ1) is 13.4. The van der Waals surface area contributed by atoms with E-state index in [0.29, 0.717) is 5.84 Å². The summed E-state index contributed by atoms with van der Waals surface area (Å²) in [5.41, 5.74) is -0.993. The lowest BCUT2D eigenvalue weighted by molar-refractivity contribution is 0.0668. The zero-order chi connectivity index (χ0) is 12.0. The molecule has 3 nitrogen and oxygen atoms in total. The molecular formula is C11H20F2N2O. The highest BCUT2D eigenvalue weighted by molar-refractivity contribution is 5.84. The van der Waals surface area contributed by atoms with Gasteiger partial charge in [-0.05, 0) is 6.42 Å². The molecule has 0 bridgehead atoms. The van der Waals surface area contributed by atoms with Crippen LogP contribution in [0.5, 0.6) is 0 Å². The quantitative estimate of drug-likeness (QED) is 0.707. The second kappa shape index (κ2) is 6.13. The normalized spacial score (nSPS) is 23.0. The van der Waals surface area contributed by atoms with Crippen LogP contribution in [0.15, 0.2) is 4.99 Å². The molecular weight excluding hydrogens is 214 g/mol. The Kier molecular flexibility index (Phi) is 5.12. The van der Waals surface area contributed by atoms with Gasteiger partial charge in [0.25, 0.3) is 0 Å². The van der Waals surface area contributed by atoms with Gasteiger partial charge in [-0.25, -0.2) is 0 Å². The molecule has 0 aromatic rings. The van der Waals surface area contributed by atoms with E-state index < -0.39 is 25.1 Å². The van der Waals surface area contributed by atoms with E-state index in [2.05, 4.69) is 17.2 Å². The predicted octanol–water partition coefficient (Wildman–Crippen LogP) is 1.95. The summed E-state index contributed by atoms with van der Waals surface area (Å²) in [7, 11) is 0. The number of nitrogens with one attached hydrogen (secondary N) is 1. The molecule has 0 aromatic carbocycles. The van der Waals surface area contributed by atoms with Gasteiger partial charge in [-0.1, -0.05) is 13.3 Å². The van der Waals surface area contributed by atoms with E-state index in [1.807, 2.05) is 0 Å². The topological polar surface area (TPSA) is 44.6 Å². The van der Waals surface area contributed by atoms with E-state index in [0.717, 1.165) is 19.3 Å². The molecule has 94 valence electrons. The second-order valence-corrected chi connectivity index (χ2v) is 4.19. The predicted molar refractivity (Wildman–Crippen MR) is 60.0 cm³/mol. The van der Waals surface area contributed by atoms with Crippen molar-refractivity contribution in [3.05, 3.63) is 0 Å². The highest BCUT2D eigenvalue weighted by Gasteiger charge is 2.42. The maximum atomic E-state index is 12.4. The molecule has 0 aromatic heterocycles. The highest BCUT2D eigenvalue weighted by Crippen LogP contribution is 2.29. The number of aliphatic hydroxyl groups is 1. The maximum Gasteiger partial charge on any atom is 0.151 e. The van der Waals surface area contributed by atoms with Crippen LogP contribution in [0.4, 0.5) is 8.78 Å². The smallest absolute Gasteiger partial charge is 0.151 e. The number of aliphatic hydroxyl groups excluding tert-OH is 1. The van der Waals surface area contributed by atoms with E-state index in [4.69, 9.17) is 0 Å². The summed E-state index contributed by atoms with van der Waals surface area (Å²) in [4.78, 5) is 4.29. The number of hydrogen-bond donors (Lipinski definition) is 2. The zero-order valence-electron chi connectivity index (χ0n) is 9.68. The fraction of sp³-hybridized carbons (Fsp3) is 0.909. The highest BCUT2D eigenvalue weighted by atomic mass is 19.1. The molecule has 0 radical (unpaired) electrons. The number of nitrogens with zero attached hydrogens (tertiary/aromatic N) is 1. The number of amidine groups is 1. The lowest BCUT2D eigenvalue weighted by atomic mass is 9.92. The SMILES string of the molecule is CCCCC1=NC(CCF)(CCF)C(O)N1. The van der Waals surface area contributed by atoms with Crippen LogP contribution < -0.4 is 5.32 Å². The Morgan fingerprint density at radius 3 is 2.50 bits per heavy atom. The average molecular weight is 234 g/mol. The first-order valence-electron chi connectivity index (χ1n) is 5.84. The van der Waals surface area contributed by atoms with E-state index in [9.17, 15) is 13.9 Å². The number of alkyl halides is 2. The van der Waals surface area contributed by atoms with Gasteiger partial charge in [0.05, 0.1) is 19.2 Å². The molecule has 1 aliphatic rings. The first-order chi connectivity index (χ1) is 7.68. The van der Waals surface area contributed by atoms with Crippen LogP contribution in [0.2, 0.25) is 0 Å². The number of unbranched alkanes of at least 4 members (excludes halogenated alkanes) is 1. The van der Waals surface area contributed by atoms with Gasteiger partial charge in [-0.15, -0.1) is 0 Å². The van der Waals surface area contributed by atoms with Gasteiger partial charge in [0.15, 0.2) is 6.23 Å². The minimum Gasteiger partial charge on any atom is -0.371 e. The molecule has 1 aliphatic heterocycles. The van der Waals surface area contributed by atoms with Gasteiger partial charge >= 0.3 is 0 Å². The summed E-state index contributed by atoms with van der Waals surface area (Å²) < 4.78 is 24.9. The number of halogens is 2. The van der Waals surface area contributed by atoms with Crippen molar-refractivity contribution in [3.63, 3.8) is 0 Å². The lowest BCUT2D eigenvalue weighted by Crippen LogP contribution is -2.45. The van der Waals surface area contributed by atoms with Crippen LogP contribution in [0.1, 0.15) is 39.0 Å². The molecule has 0 amide bonds. The first-order valence-corrected chi connectivity index (χ1v) is 5.84. The fourth-order valence-corrected chi connectivity index (χ4v) is 1.96. The molecule has 0 saturated carbocycles. The summed E-state index contributed by atoms with van der Waals surface area (Å²) in [6.07, 6.45) is 1.90. The maximum absolute atomic E-state index is 12.4. The second-order valence-electron chi connectivity index (χ2n) is 4.19. The van der Waals surface area contributed by atoms with Crippen LogP contribution in [-0.2, 0) is 0 Å². The van der Waals surface area contributed by atoms with Crippen LogP contribution in [0, 0.1) is 0 Å². The van der Waals surface area contributed by atoms with Gasteiger partial charge in [0.1, 0.15) is 5.54 Å². The molecule has 2 N–H and O–H groups in total. The van der Waals surface area contributed by atoms with Crippen molar-refractivity contribution in [1.29, 1.82) is 0 Å². The van der Waals surface area contributed by atoms with Crippen LogP contribution in [-0.4, -0.2) is 36.1 Å². The van der Waals surface area contributed by atoms with Crippen LogP contribution in [0.25, 0.3) is 0 Å². The summed E-state index contributed by atoms with van der Waals surface area (Å²) >= 11 is 0. The average Bonchev–Trinajstić information content (AvgIpc) is 2.54. The van der Waals surface area contributed by atoms with E-state index in [1.165, 1.54) is 0 Å². The van der Waals surface area contributed by atoms with Crippen molar-refractivity contribution in [2.45, 2.75) is 50.8 Å². The Morgan fingerprint density at radius 2 is 2.00 bits per heavy atom. The molecule has 0 spiro atoms. The van der Waals surface area contributed by atoms with Crippen molar-refractivity contribution < 1.29 is 13.9 Å². The molecule has 0 fully saturated rings. The molecule has 0 saturated heterocycles. The van der Waals surface area contributed by atoms with Gasteiger partial charge in [0.2, 0.25) is 0 Å². The Hall–Kier alpha value is -0.710. The largest absolute Gasteiger partial charge is 0.371 e. The van der Waals surface area contributed by atoms with Gasteiger partial charge in [-0.3, -0.25) is 13.8 Å². The summed E-state index contributed by atoms with van der Waals surface area (Å²) in [6, 6.07) is 0. The molecule has 1 heterocycles. The minimum atomic E-state index is -0.993. The zero-order valence-corrected chi connectivity index (χ0v) is 9.68. The Bertz CT molecular complexity index is 240. The van der Waals surface area contributed by atoms with Crippen molar-refractivity contribution in [1.82, 2.24) is 5.32 Å². The van der Waals surface area contributed by atoms with Crippen LogP contribution >= 0.6 is 0 Å². The fourth-order valence-electron chi connectivity index (χ4n) is 1.96.